The summed E-state index contributed by atoms with van der Waals surface area (Å²) in [5.74, 6) is -1.22. The number of benzene rings is 1. The normalized spacial score (nSPS) is 13.7. The maximum atomic E-state index is 12.9. The van der Waals surface area contributed by atoms with Gasteiger partial charge < -0.3 is 15.8 Å². The first-order valence-corrected chi connectivity index (χ1v) is 5.53. The molecule has 4 nitrogen and oxygen atoms in total. The summed E-state index contributed by atoms with van der Waals surface area (Å²) < 4.78 is 38.8. The SMILES string of the molecule is [NH3+][C@@H](Cc1c(C(F)(F)F)[nH]c2ccccc12)C(=O)O. The molecular weight excluding hydrogens is 261 g/mol. The average Bonchev–Trinajstić information content (AvgIpc) is 2.68. The Labute approximate surface area is 106 Å². The standard InChI is InChI=1S/C12H11F3N2O2/c13-12(14,15)10-7(5-8(16)11(18)19)6-3-1-2-4-9(6)17-10/h1-4,8,17H,5,16H2,(H,18,19)/p+1/t8-/m0/s1. The minimum atomic E-state index is -4.55. The van der Waals surface area contributed by atoms with Crippen molar-refractivity contribution in [3.8, 4) is 0 Å². The van der Waals surface area contributed by atoms with Crippen LogP contribution >= 0.6 is 0 Å². The Kier molecular flexibility index (Phi) is 3.23. The lowest BCUT2D eigenvalue weighted by Gasteiger charge is -2.09. The summed E-state index contributed by atoms with van der Waals surface area (Å²) in [5.41, 5.74) is 2.75. The van der Waals surface area contributed by atoms with E-state index in [1.165, 1.54) is 12.1 Å². The highest BCUT2D eigenvalue weighted by Crippen LogP contribution is 2.35. The van der Waals surface area contributed by atoms with Gasteiger partial charge in [0, 0.05) is 17.3 Å². The number of carbonyl (C=O) groups is 1. The number of fused-ring (bicyclic) bond motifs is 1. The number of alkyl halides is 3. The van der Waals surface area contributed by atoms with Gasteiger partial charge in [0.25, 0.3) is 0 Å². The van der Waals surface area contributed by atoms with Crippen molar-refractivity contribution < 1.29 is 28.8 Å². The van der Waals surface area contributed by atoms with Gasteiger partial charge in [-0.25, -0.2) is 4.79 Å². The first kappa shape index (κ1) is 13.4. The fourth-order valence-electron chi connectivity index (χ4n) is 1.99. The van der Waals surface area contributed by atoms with E-state index in [9.17, 15) is 18.0 Å². The van der Waals surface area contributed by atoms with Gasteiger partial charge in [-0.3, -0.25) is 0 Å². The molecule has 0 saturated carbocycles. The predicted octanol–water partition coefficient (Wildman–Crippen LogP) is 1.42. The zero-order valence-corrected chi connectivity index (χ0v) is 9.79. The van der Waals surface area contributed by atoms with Gasteiger partial charge in [-0.05, 0) is 11.6 Å². The summed E-state index contributed by atoms with van der Waals surface area (Å²) in [6, 6.07) is 5.15. The van der Waals surface area contributed by atoms with Crippen molar-refractivity contribution in [2.24, 2.45) is 0 Å². The molecule has 0 saturated heterocycles. The molecule has 2 aromatic rings. The monoisotopic (exact) mass is 273 g/mol. The van der Waals surface area contributed by atoms with E-state index in [0.29, 0.717) is 10.9 Å². The molecule has 19 heavy (non-hydrogen) atoms. The van der Waals surface area contributed by atoms with Crippen LogP contribution in [-0.4, -0.2) is 22.1 Å². The largest absolute Gasteiger partial charge is 0.477 e. The van der Waals surface area contributed by atoms with Crippen molar-refractivity contribution in [1.82, 2.24) is 4.98 Å². The number of aromatic amines is 1. The van der Waals surface area contributed by atoms with E-state index >= 15 is 0 Å². The molecule has 0 aliphatic heterocycles. The Hall–Kier alpha value is -2.02. The topological polar surface area (TPSA) is 80.7 Å². The van der Waals surface area contributed by atoms with Crippen molar-refractivity contribution >= 4 is 16.9 Å². The summed E-state index contributed by atoms with van der Waals surface area (Å²) >= 11 is 0. The summed E-state index contributed by atoms with van der Waals surface area (Å²) in [4.78, 5) is 13.1. The molecule has 0 radical (unpaired) electrons. The smallest absolute Gasteiger partial charge is 0.431 e. The zero-order chi connectivity index (χ0) is 14.2. The number of carboxylic acids is 1. The lowest BCUT2D eigenvalue weighted by Crippen LogP contribution is -2.66. The van der Waals surface area contributed by atoms with E-state index in [2.05, 4.69) is 10.7 Å². The third-order valence-corrected chi connectivity index (χ3v) is 2.90. The number of carboxylic acid groups (broad SMARTS) is 1. The summed E-state index contributed by atoms with van der Waals surface area (Å²) in [6.07, 6.45) is -4.82. The van der Waals surface area contributed by atoms with Crippen LogP contribution in [0.1, 0.15) is 11.3 Å². The Balaban J connectivity index is 2.58. The lowest BCUT2D eigenvalue weighted by molar-refractivity contribution is -0.407. The fourth-order valence-corrected chi connectivity index (χ4v) is 1.99. The lowest BCUT2D eigenvalue weighted by atomic mass is 10.0. The van der Waals surface area contributed by atoms with Crippen LogP contribution in [0.15, 0.2) is 24.3 Å². The summed E-state index contributed by atoms with van der Waals surface area (Å²) in [7, 11) is 0. The Morgan fingerprint density at radius 1 is 1.37 bits per heavy atom. The molecule has 7 heteroatoms. The first-order chi connectivity index (χ1) is 8.80. The van der Waals surface area contributed by atoms with Crippen LogP contribution in [0.4, 0.5) is 13.2 Å². The van der Waals surface area contributed by atoms with Gasteiger partial charge in [-0.15, -0.1) is 0 Å². The molecule has 0 amide bonds. The molecule has 0 spiro atoms. The maximum absolute atomic E-state index is 12.9. The third-order valence-electron chi connectivity index (χ3n) is 2.90. The molecule has 5 N–H and O–H groups in total. The number of nitrogens with one attached hydrogen (secondary N) is 1. The Bertz CT molecular complexity index is 619. The highest BCUT2D eigenvalue weighted by atomic mass is 19.4. The van der Waals surface area contributed by atoms with Gasteiger partial charge in [0.2, 0.25) is 0 Å². The van der Waals surface area contributed by atoms with Gasteiger partial charge >= 0.3 is 12.1 Å². The molecule has 1 heterocycles. The molecule has 1 atom stereocenters. The molecule has 102 valence electrons. The van der Waals surface area contributed by atoms with Crippen molar-refractivity contribution in [2.45, 2.75) is 18.6 Å². The number of hydrogen-bond acceptors (Lipinski definition) is 1. The number of aliphatic carboxylic acids is 1. The van der Waals surface area contributed by atoms with Crippen molar-refractivity contribution in [3.05, 3.63) is 35.5 Å². The predicted molar refractivity (Wildman–Crippen MR) is 61.3 cm³/mol. The van der Waals surface area contributed by atoms with Crippen LogP contribution in [0, 0.1) is 0 Å². The van der Waals surface area contributed by atoms with Gasteiger partial charge in [0.05, 0.1) is 0 Å². The second kappa shape index (κ2) is 4.58. The van der Waals surface area contributed by atoms with Crippen LogP contribution in [-0.2, 0) is 17.4 Å². The van der Waals surface area contributed by atoms with E-state index < -0.39 is 23.9 Å². The molecule has 2 rings (SSSR count). The van der Waals surface area contributed by atoms with E-state index in [0.717, 1.165) is 0 Å². The quantitative estimate of drug-likeness (QED) is 0.790. The number of hydrogen-bond donors (Lipinski definition) is 3. The zero-order valence-electron chi connectivity index (χ0n) is 9.79. The number of halogens is 3. The number of quaternary nitrogens is 1. The van der Waals surface area contributed by atoms with Gasteiger partial charge in [-0.1, -0.05) is 18.2 Å². The molecule has 0 aliphatic carbocycles. The highest BCUT2D eigenvalue weighted by Gasteiger charge is 2.37. The van der Waals surface area contributed by atoms with Crippen molar-refractivity contribution in [1.29, 1.82) is 0 Å². The minimum absolute atomic E-state index is 0.0505. The number of aromatic nitrogens is 1. The van der Waals surface area contributed by atoms with E-state index in [-0.39, 0.29) is 12.0 Å². The summed E-state index contributed by atoms with van der Waals surface area (Å²) in [5, 5.41) is 9.17. The molecule has 1 aromatic heterocycles. The second-order valence-corrected chi connectivity index (χ2v) is 4.26. The van der Waals surface area contributed by atoms with Crippen molar-refractivity contribution in [3.63, 3.8) is 0 Å². The first-order valence-electron chi connectivity index (χ1n) is 5.53. The van der Waals surface area contributed by atoms with Crippen LogP contribution in [0.3, 0.4) is 0 Å². The number of para-hydroxylation sites is 1. The van der Waals surface area contributed by atoms with E-state index in [1.807, 2.05) is 0 Å². The Morgan fingerprint density at radius 3 is 2.58 bits per heavy atom. The molecule has 0 unspecified atom stereocenters. The van der Waals surface area contributed by atoms with Crippen LogP contribution in [0.5, 0.6) is 0 Å². The van der Waals surface area contributed by atoms with Gasteiger partial charge in [0.1, 0.15) is 5.69 Å². The molecular formula is C12H12F3N2O2+. The maximum Gasteiger partial charge on any atom is 0.431 e. The minimum Gasteiger partial charge on any atom is -0.477 e. The number of rotatable bonds is 3. The summed E-state index contributed by atoms with van der Waals surface area (Å²) in [6.45, 7) is 0. The fraction of sp³-hybridized carbons (Fsp3) is 0.250. The van der Waals surface area contributed by atoms with E-state index in [1.54, 1.807) is 12.1 Å². The van der Waals surface area contributed by atoms with E-state index in [4.69, 9.17) is 5.11 Å². The highest BCUT2D eigenvalue weighted by molar-refractivity contribution is 5.85. The second-order valence-electron chi connectivity index (χ2n) is 4.26. The molecule has 1 aromatic carbocycles. The van der Waals surface area contributed by atoms with Gasteiger partial charge in [-0.2, -0.15) is 13.2 Å². The van der Waals surface area contributed by atoms with Gasteiger partial charge in [0.15, 0.2) is 6.04 Å². The molecule has 0 aliphatic rings. The van der Waals surface area contributed by atoms with Crippen LogP contribution in [0.2, 0.25) is 0 Å². The average molecular weight is 273 g/mol. The molecule has 0 fully saturated rings. The Morgan fingerprint density at radius 2 is 2.00 bits per heavy atom. The van der Waals surface area contributed by atoms with Crippen LogP contribution < -0.4 is 5.73 Å². The molecule has 0 bridgehead atoms. The van der Waals surface area contributed by atoms with Crippen LogP contribution in [0.25, 0.3) is 10.9 Å². The number of H-pyrrole nitrogens is 1. The third kappa shape index (κ3) is 2.55. The van der Waals surface area contributed by atoms with Crippen molar-refractivity contribution in [2.75, 3.05) is 0 Å².